The Bertz CT molecular complexity index is 505. The molecule has 0 spiro atoms. The van der Waals surface area contributed by atoms with Gasteiger partial charge in [0.25, 0.3) is 0 Å². The van der Waals surface area contributed by atoms with Crippen molar-refractivity contribution >= 4 is 0 Å². The predicted octanol–water partition coefficient (Wildman–Crippen LogP) is 3.42. The number of halogens is 1. The molecule has 1 heterocycles. The van der Waals surface area contributed by atoms with Crippen molar-refractivity contribution in [3.63, 3.8) is 0 Å². The van der Waals surface area contributed by atoms with Gasteiger partial charge in [0.15, 0.2) is 0 Å². The van der Waals surface area contributed by atoms with Crippen molar-refractivity contribution in [3.05, 3.63) is 59.2 Å². The molecule has 0 unspecified atom stereocenters. The molecule has 2 nitrogen and oxygen atoms in total. The zero-order valence-electron chi connectivity index (χ0n) is 9.90. The lowest BCUT2D eigenvalue weighted by molar-refractivity contribution is 0.304. The van der Waals surface area contributed by atoms with Crippen molar-refractivity contribution in [2.75, 3.05) is 0 Å². The Hall–Kier alpha value is -1.90. The van der Waals surface area contributed by atoms with E-state index >= 15 is 0 Å². The zero-order chi connectivity index (χ0) is 12.3. The van der Waals surface area contributed by atoms with Gasteiger partial charge >= 0.3 is 0 Å². The van der Waals surface area contributed by atoms with Crippen LogP contribution in [0.3, 0.4) is 0 Å². The first-order chi connectivity index (χ1) is 8.13. The Morgan fingerprint density at radius 3 is 2.41 bits per heavy atom. The predicted molar refractivity (Wildman–Crippen MR) is 64.4 cm³/mol. The number of aromatic nitrogens is 1. The van der Waals surface area contributed by atoms with Gasteiger partial charge in [-0.2, -0.15) is 0 Å². The monoisotopic (exact) mass is 231 g/mol. The molecule has 0 saturated heterocycles. The van der Waals surface area contributed by atoms with Crippen LogP contribution in [0.25, 0.3) is 0 Å². The average molecular weight is 231 g/mol. The highest BCUT2D eigenvalue weighted by Crippen LogP contribution is 2.17. The number of nitrogens with zero attached hydrogens (tertiary/aromatic N) is 1. The van der Waals surface area contributed by atoms with Gasteiger partial charge in [0, 0.05) is 11.8 Å². The van der Waals surface area contributed by atoms with Gasteiger partial charge in [-0.1, -0.05) is 6.07 Å². The molecule has 0 saturated carbocycles. The number of aryl methyl sites for hydroxylation is 2. The molecule has 88 valence electrons. The minimum atomic E-state index is -0.341. The molecular formula is C14H14FNO. The summed E-state index contributed by atoms with van der Waals surface area (Å²) >= 11 is 0. The van der Waals surface area contributed by atoms with Gasteiger partial charge in [0.1, 0.15) is 18.2 Å². The Labute approximate surface area is 100 Å². The maximum Gasteiger partial charge on any atom is 0.141 e. The maximum atomic E-state index is 12.9. The first-order valence-corrected chi connectivity index (χ1v) is 5.44. The summed E-state index contributed by atoms with van der Waals surface area (Å²) in [6, 6.07) is 7.42. The van der Waals surface area contributed by atoms with E-state index in [4.69, 9.17) is 4.74 Å². The van der Waals surface area contributed by atoms with Crippen LogP contribution in [0.4, 0.5) is 4.39 Å². The molecule has 0 atom stereocenters. The third kappa shape index (κ3) is 3.28. The second kappa shape index (κ2) is 4.95. The summed E-state index contributed by atoms with van der Waals surface area (Å²) < 4.78 is 18.5. The number of rotatable bonds is 3. The molecule has 1 aromatic heterocycles. The number of ether oxygens (including phenoxy) is 1. The molecule has 0 amide bonds. The van der Waals surface area contributed by atoms with E-state index < -0.39 is 0 Å². The van der Waals surface area contributed by atoms with E-state index in [2.05, 4.69) is 11.1 Å². The Morgan fingerprint density at radius 1 is 1.06 bits per heavy atom. The van der Waals surface area contributed by atoms with Gasteiger partial charge in [-0.3, -0.25) is 4.98 Å². The van der Waals surface area contributed by atoms with Crippen LogP contribution in [0.1, 0.15) is 16.7 Å². The van der Waals surface area contributed by atoms with Crippen molar-refractivity contribution in [3.8, 4) is 5.75 Å². The first kappa shape index (κ1) is 11.6. The first-order valence-electron chi connectivity index (χ1n) is 5.44. The lowest BCUT2D eigenvalue weighted by atomic mass is 10.1. The molecule has 3 heteroatoms. The van der Waals surface area contributed by atoms with Crippen LogP contribution < -0.4 is 4.74 Å². The van der Waals surface area contributed by atoms with E-state index in [1.807, 2.05) is 26.0 Å². The van der Waals surface area contributed by atoms with Crippen LogP contribution in [0.5, 0.6) is 5.75 Å². The molecule has 1 aromatic carbocycles. The fourth-order valence-electron chi connectivity index (χ4n) is 1.72. The Morgan fingerprint density at radius 2 is 1.76 bits per heavy atom. The van der Waals surface area contributed by atoms with E-state index in [9.17, 15) is 4.39 Å². The average Bonchev–Trinajstić information content (AvgIpc) is 2.25. The van der Waals surface area contributed by atoms with Gasteiger partial charge in [-0.05, 0) is 43.2 Å². The number of hydrogen-bond acceptors (Lipinski definition) is 2. The van der Waals surface area contributed by atoms with Gasteiger partial charge < -0.3 is 4.74 Å². The summed E-state index contributed by atoms with van der Waals surface area (Å²) in [6.07, 6.45) is 2.78. The lowest BCUT2D eigenvalue weighted by Crippen LogP contribution is -1.97. The van der Waals surface area contributed by atoms with Crippen molar-refractivity contribution < 1.29 is 9.13 Å². The summed E-state index contributed by atoms with van der Waals surface area (Å²) in [5, 5.41) is 0. The smallest absolute Gasteiger partial charge is 0.141 e. The fourth-order valence-corrected chi connectivity index (χ4v) is 1.72. The molecule has 2 rings (SSSR count). The van der Waals surface area contributed by atoms with Crippen LogP contribution in [0, 0.1) is 19.7 Å². The summed E-state index contributed by atoms with van der Waals surface area (Å²) in [4.78, 5) is 3.78. The normalized spacial score (nSPS) is 10.3. The highest BCUT2D eigenvalue weighted by Gasteiger charge is 2.00. The third-order valence-electron chi connectivity index (χ3n) is 2.36. The molecule has 0 bridgehead atoms. The number of pyridine rings is 1. The van der Waals surface area contributed by atoms with Gasteiger partial charge in [0.05, 0.1) is 6.20 Å². The van der Waals surface area contributed by atoms with Crippen LogP contribution >= 0.6 is 0 Å². The van der Waals surface area contributed by atoms with Crippen LogP contribution in [0.15, 0.2) is 36.7 Å². The van der Waals surface area contributed by atoms with Gasteiger partial charge in [0.2, 0.25) is 0 Å². The molecule has 17 heavy (non-hydrogen) atoms. The SMILES string of the molecule is Cc1cc(C)cc(OCc2cncc(F)c2)c1. The highest BCUT2D eigenvalue weighted by atomic mass is 19.1. The summed E-state index contributed by atoms with van der Waals surface area (Å²) in [5.74, 6) is 0.457. The van der Waals surface area contributed by atoms with Crippen molar-refractivity contribution in [2.24, 2.45) is 0 Å². The Balaban J connectivity index is 2.07. The molecule has 0 fully saturated rings. The van der Waals surface area contributed by atoms with Crippen LogP contribution in [0.2, 0.25) is 0 Å². The van der Waals surface area contributed by atoms with Crippen molar-refractivity contribution in [1.29, 1.82) is 0 Å². The van der Waals surface area contributed by atoms with Gasteiger partial charge in [-0.15, -0.1) is 0 Å². The number of hydrogen-bond donors (Lipinski definition) is 0. The van der Waals surface area contributed by atoms with Crippen LogP contribution in [-0.4, -0.2) is 4.98 Å². The molecule has 0 aliphatic rings. The second-order valence-electron chi connectivity index (χ2n) is 4.12. The molecule has 0 radical (unpaired) electrons. The van der Waals surface area contributed by atoms with E-state index in [-0.39, 0.29) is 5.82 Å². The fraction of sp³-hybridized carbons (Fsp3) is 0.214. The van der Waals surface area contributed by atoms with Gasteiger partial charge in [-0.25, -0.2) is 4.39 Å². The summed E-state index contributed by atoms with van der Waals surface area (Å²) in [6.45, 7) is 4.36. The minimum absolute atomic E-state index is 0.327. The summed E-state index contributed by atoms with van der Waals surface area (Å²) in [5.41, 5.74) is 3.03. The van der Waals surface area contributed by atoms with E-state index in [0.29, 0.717) is 6.61 Å². The molecule has 0 N–H and O–H groups in total. The van der Waals surface area contributed by atoms with E-state index in [1.54, 1.807) is 6.20 Å². The standard InChI is InChI=1S/C14H14FNO/c1-10-3-11(2)5-14(4-10)17-9-12-6-13(15)8-16-7-12/h3-8H,9H2,1-2H3. The summed E-state index contributed by atoms with van der Waals surface area (Å²) in [7, 11) is 0. The largest absolute Gasteiger partial charge is 0.489 e. The topological polar surface area (TPSA) is 22.1 Å². The van der Waals surface area contributed by atoms with Crippen LogP contribution in [-0.2, 0) is 6.61 Å². The lowest BCUT2D eigenvalue weighted by Gasteiger charge is -2.08. The molecular weight excluding hydrogens is 217 g/mol. The molecule has 0 aliphatic heterocycles. The number of benzene rings is 1. The van der Waals surface area contributed by atoms with Crippen molar-refractivity contribution in [2.45, 2.75) is 20.5 Å². The zero-order valence-corrected chi connectivity index (χ0v) is 9.90. The molecule has 2 aromatic rings. The molecule has 0 aliphatic carbocycles. The third-order valence-corrected chi connectivity index (χ3v) is 2.36. The van der Waals surface area contributed by atoms with Crippen molar-refractivity contribution in [1.82, 2.24) is 4.98 Å². The second-order valence-corrected chi connectivity index (χ2v) is 4.12. The van der Waals surface area contributed by atoms with E-state index in [0.717, 1.165) is 22.4 Å². The maximum absolute atomic E-state index is 12.9. The quantitative estimate of drug-likeness (QED) is 0.807. The highest BCUT2D eigenvalue weighted by molar-refractivity contribution is 5.33. The minimum Gasteiger partial charge on any atom is -0.489 e. The Kier molecular flexibility index (Phi) is 3.38. The van der Waals surface area contributed by atoms with E-state index in [1.165, 1.54) is 12.3 Å².